The standard InChI is InChI=1S/C13H13ClN2O2/c14-11-8-15-13(18)16(9-11)7-6-12(17)10-4-2-1-3-5-10/h1-5,8-9,12,17H,6-7H2/t12-/m1/s1. The van der Waals surface area contributed by atoms with Gasteiger partial charge < -0.3 is 5.11 Å². The molecule has 1 aromatic heterocycles. The first-order valence-corrected chi connectivity index (χ1v) is 5.99. The highest BCUT2D eigenvalue weighted by molar-refractivity contribution is 6.30. The third-order valence-electron chi connectivity index (χ3n) is 2.65. The van der Waals surface area contributed by atoms with Gasteiger partial charge in [0.2, 0.25) is 0 Å². The highest BCUT2D eigenvalue weighted by Gasteiger charge is 2.07. The molecule has 0 radical (unpaired) electrons. The summed E-state index contributed by atoms with van der Waals surface area (Å²) < 4.78 is 1.40. The second kappa shape index (κ2) is 5.80. The van der Waals surface area contributed by atoms with Crippen LogP contribution in [0.3, 0.4) is 0 Å². The second-order valence-corrected chi connectivity index (χ2v) is 4.40. The van der Waals surface area contributed by atoms with Crippen molar-refractivity contribution < 1.29 is 5.11 Å². The van der Waals surface area contributed by atoms with Gasteiger partial charge in [-0.05, 0) is 12.0 Å². The van der Waals surface area contributed by atoms with Gasteiger partial charge in [0, 0.05) is 12.7 Å². The van der Waals surface area contributed by atoms with Crippen LogP contribution in [0.1, 0.15) is 18.1 Å². The van der Waals surface area contributed by atoms with Gasteiger partial charge in [-0.25, -0.2) is 9.78 Å². The topological polar surface area (TPSA) is 55.1 Å². The van der Waals surface area contributed by atoms with Crippen molar-refractivity contribution in [3.05, 3.63) is 63.8 Å². The van der Waals surface area contributed by atoms with Crippen LogP contribution in [0.2, 0.25) is 5.02 Å². The fraction of sp³-hybridized carbons (Fsp3) is 0.231. The lowest BCUT2D eigenvalue weighted by atomic mass is 10.1. The fourth-order valence-corrected chi connectivity index (χ4v) is 1.86. The molecule has 0 aliphatic carbocycles. The average molecular weight is 265 g/mol. The van der Waals surface area contributed by atoms with Crippen molar-refractivity contribution in [3.63, 3.8) is 0 Å². The van der Waals surface area contributed by atoms with Gasteiger partial charge in [0.05, 0.1) is 17.3 Å². The van der Waals surface area contributed by atoms with E-state index in [1.54, 1.807) is 0 Å². The summed E-state index contributed by atoms with van der Waals surface area (Å²) in [6.07, 6.45) is 2.67. The molecule has 0 amide bonds. The summed E-state index contributed by atoms with van der Waals surface area (Å²) in [7, 11) is 0. The molecule has 0 aliphatic rings. The summed E-state index contributed by atoms with van der Waals surface area (Å²) in [6, 6.07) is 9.33. The summed E-state index contributed by atoms with van der Waals surface area (Å²) in [4.78, 5) is 15.1. The van der Waals surface area contributed by atoms with E-state index < -0.39 is 6.10 Å². The number of aliphatic hydroxyl groups is 1. The first-order chi connectivity index (χ1) is 8.66. The molecular weight excluding hydrogens is 252 g/mol. The Kier molecular flexibility index (Phi) is 4.12. The maximum Gasteiger partial charge on any atom is 0.347 e. The van der Waals surface area contributed by atoms with Crippen molar-refractivity contribution in [1.82, 2.24) is 9.55 Å². The van der Waals surface area contributed by atoms with Crippen LogP contribution in [-0.4, -0.2) is 14.7 Å². The molecule has 18 heavy (non-hydrogen) atoms. The van der Waals surface area contributed by atoms with Gasteiger partial charge in [0.15, 0.2) is 0 Å². The molecule has 0 saturated heterocycles. The van der Waals surface area contributed by atoms with Crippen molar-refractivity contribution in [2.24, 2.45) is 0 Å². The maximum absolute atomic E-state index is 11.4. The molecule has 0 bridgehead atoms. The van der Waals surface area contributed by atoms with Gasteiger partial charge in [0.1, 0.15) is 0 Å². The Balaban J connectivity index is 2.04. The van der Waals surface area contributed by atoms with Crippen LogP contribution in [0.25, 0.3) is 0 Å². The van der Waals surface area contributed by atoms with Crippen molar-refractivity contribution in [2.45, 2.75) is 19.1 Å². The van der Waals surface area contributed by atoms with Crippen LogP contribution in [-0.2, 0) is 6.54 Å². The third kappa shape index (κ3) is 3.18. The molecule has 1 N–H and O–H groups in total. The van der Waals surface area contributed by atoms with E-state index >= 15 is 0 Å². The van der Waals surface area contributed by atoms with Crippen LogP contribution in [0.4, 0.5) is 0 Å². The van der Waals surface area contributed by atoms with Crippen LogP contribution >= 0.6 is 11.6 Å². The lowest BCUT2D eigenvalue weighted by Gasteiger charge is -2.11. The minimum absolute atomic E-state index is 0.361. The first-order valence-electron chi connectivity index (χ1n) is 5.62. The van der Waals surface area contributed by atoms with Crippen molar-refractivity contribution in [1.29, 1.82) is 0 Å². The Hall–Kier alpha value is -1.65. The van der Waals surface area contributed by atoms with Crippen LogP contribution < -0.4 is 5.69 Å². The Morgan fingerprint density at radius 2 is 2.06 bits per heavy atom. The number of nitrogens with zero attached hydrogens (tertiary/aromatic N) is 2. The minimum atomic E-state index is -0.600. The quantitative estimate of drug-likeness (QED) is 0.919. The minimum Gasteiger partial charge on any atom is -0.388 e. The molecule has 0 aliphatic heterocycles. The SMILES string of the molecule is O=c1ncc(Cl)cn1CC[C@@H](O)c1ccccc1. The largest absolute Gasteiger partial charge is 0.388 e. The molecule has 0 unspecified atom stereocenters. The number of halogens is 1. The van der Waals surface area contributed by atoms with E-state index in [9.17, 15) is 9.90 Å². The van der Waals surface area contributed by atoms with Gasteiger partial charge in [-0.2, -0.15) is 0 Å². The molecule has 1 heterocycles. The third-order valence-corrected chi connectivity index (χ3v) is 2.85. The fourth-order valence-electron chi connectivity index (χ4n) is 1.69. The van der Waals surface area contributed by atoms with Gasteiger partial charge >= 0.3 is 5.69 Å². The molecule has 0 saturated carbocycles. The number of aliphatic hydroxyl groups excluding tert-OH is 1. The average Bonchev–Trinajstić information content (AvgIpc) is 2.40. The molecule has 94 valence electrons. The highest BCUT2D eigenvalue weighted by atomic mass is 35.5. The molecule has 0 fully saturated rings. The van der Waals surface area contributed by atoms with Crippen LogP contribution in [0, 0.1) is 0 Å². The van der Waals surface area contributed by atoms with E-state index in [0.29, 0.717) is 18.0 Å². The van der Waals surface area contributed by atoms with E-state index in [4.69, 9.17) is 11.6 Å². The van der Waals surface area contributed by atoms with Crippen LogP contribution in [0.15, 0.2) is 47.5 Å². The molecule has 1 aromatic carbocycles. The molecule has 5 heteroatoms. The predicted octanol–water partition coefficient (Wildman–Crippen LogP) is 2.02. The van der Waals surface area contributed by atoms with E-state index in [1.165, 1.54) is 17.0 Å². The number of benzene rings is 1. The van der Waals surface area contributed by atoms with E-state index in [-0.39, 0.29) is 5.69 Å². The first kappa shape index (κ1) is 12.8. The van der Waals surface area contributed by atoms with Gasteiger partial charge in [-0.1, -0.05) is 41.9 Å². The molecule has 4 nitrogen and oxygen atoms in total. The number of hydrogen-bond donors (Lipinski definition) is 1. The van der Waals surface area contributed by atoms with Crippen LogP contribution in [0.5, 0.6) is 0 Å². The summed E-state index contributed by atoms with van der Waals surface area (Å²) in [5.74, 6) is 0. The molecule has 2 rings (SSSR count). The summed E-state index contributed by atoms with van der Waals surface area (Å²) in [5, 5.41) is 10.4. The Bertz CT molecular complexity index is 569. The molecular formula is C13H13ClN2O2. The lowest BCUT2D eigenvalue weighted by molar-refractivity contribution is 0.160. The van der Waals surface area contributed by atoms with Gasteiger partial charge in [0.25, 0.3) is 0 Å². The summed E-state index contributed by atoms with van der Waals surface area (Å²) >= 11 is 5.76. The summed E-state index contributed by atoms with van der Waals surface area (Å²) in [6.45, 7) is 0.377. The Morgan fingerprint density at radius 1 is 1.33 bits per heavy atom. The Labute approximate surface area is 109 Å². The zero-order chi connectivity index (χ0) is 13.0. The van der Waals surface area contributed by atoms with Gasteiger partial charge in [-0.3, -0.25) is 4.57 Å². The van der Waals surface area contributed by atoms with Crippen molar-refractivity contribution >= 4 is 11.6 Å². The van der Waals surface area contributed by atoms with Crippen molar-refractivity contribution in [3.8, 4) is 0 Å². The van der Waals surface area contributed by atoms with E-state index in [0.717, 1.165) is 5.56 Å². The summed E-state index contributed by atoms with van der Waals surface area (Å²) in [5.41, 5.74) is 0.472. The second-order valence-electron chi connectivity index (χ2n) is 3.96. The monoisotopic (exact) mass is 264 g/mol. The Morgan fingerprint density at radius 3 is 2.78 bits per heavy atom. The molecule has 2 aromatic rings. The predicted molar refractivity (Wildman–Crippen MR) is 69.5 cm³/mol. The van der Waals surface area contributed by atoms with E-state index in [1.807, 2.05) is 30.3 Å². The molecule has 0 spiro atoms. The zero-order valence-corrected chi connectivity index (χ0v) is 10.4. The normalized spacial score (nSPS) is 12.3. The highest BCUT2D eigenvalue weighted by Crippen LogP contribution is 2.16. The zero-order valence-electron chi connectivity index (χ0n) is 9.66. The smallest absolute Gasteiger partial charge is 0.347 e. The number of aromatic nitrogens is 2. The maximum atomic E-state index is 11.4. The number of rotatable bonds is 4. The number of hydrogen-bond acceptors (Lipinski definition) is 3. The number of aryl methyl sites for hydroxylation is 1. The lowest BCUT2D eigenvalue weighted by Crippen LogP contribution is -2.22. The molecule has 1 atom stereocenters. The van der Waals surface area contributed by atoms with Gasteiger partial charge in [-0.15, -0.1) is 0 Å². The van der Waals surface area contributed by atoms with E-state index in [2.05, 4.69) is 4.98 Å². The van der Waals surface area contributed by atoms with Crippen molar-refractivity contribution in [2.75, 3.05) is 0 Å².